The highest BCUT2D eigenvalue weighted by atomic mass is 16.5. The molecule has 0 radical (unpaired) electrons. The summed E-state index contributed by atoms with van der Waals surface area (Å²) in [6.45, 7) is 5.46. The smallest absolute Gasteiger partial charge is 0.323 e. The van der Waals surface area contributed by atoms with E-state index >= 15 is 0 Å². The van der Waals surface area contributed by atoms with Crippen molar-refractivity contribution in [2.75, 3.05) is 6.54 Å². The number of carbonyl (C=O) groups excluding carboxylic acids is 1. The van der Waals surface area contributed by atoms with Crippen molar-refractivity contribution in [2.24, 2.45) is 11.8 Å². The van der Waals surface area contributed by atoms with Crippen LogP contribution < -0.4 is 5.32 Å². The second-order valence-corrected chi connectivity index (χ2v) is 5.63. The highest BCUT2D eigenvalue weighted by molar-refractivity contribution is 5.76. The minimum Gasteiger partial charge on any atom is -0.461 e. The standard InChI is InChI=1S/C13H23NO2/c1-9-6-10(2)8-11(7-9)16-13(15)12-4-3-5-14-12/h9-12,14H,3-8H2,1-2H3. The van der Waals surface area contributed by atoms with E-state index in [-0.39, 0.29) is 18.1 Å². The predicted molar refractivity (Wildman–Crippen MR) is 63.1 cm³/mol. The molecule has 92 valence electrons. The van der Waals surface area contributed by atoms with Crippen molar-refractivity contribution in [2.45, 2.75) is 58.1 Å². The summed E-state index contributed by atoms with van der Waals surface area (Å²) in [5, 5.41) is 3.19. The van der Waals surface area contributed by atoms with Crippen LogP contribution in [0, 0.1) is 11.8 Å². The first-order valence-electron chi connectivity index (χ1n) is 6.59. The molecule has 3 atom stereocenters. The third-order valence-corrected chi connectivity index (χ3v) is 3.76. The molecule has 2 rings (SSSR count). The van der Waals surface area contributed by atoms with Crippen LogP contribution in [-0.4, -0.2) is 24.7 Å². The van der Waals surface area contributed by atoms with Crippen molar-refractivity contribution < 1.29 is 9.53 Å². The molecule has 0 aromatic heterocycles. The van der Waals surface area contributed by atoms with Crippen LogP contribution in [0.25, 0.3) is 0 Å². The SMILES string of the molecule is CC1CC(C)CC(OC(=O)C2CCCN2)C1. The average molecular weight is 225 g/mol. The quantitative estimate of drug-likeness (QED) is 0.731. The van der Waals surface area contributed by atoms with E-state index in [0.29, 0.717) is 11.8 Å². The lowest BCUT2D eigenvalue weighted by Gasteiger charge is -2.31. The van der Waals surface area contributed by atoms with Crippen LogP contribution in [0.1, 0.15) is 46.0 Å². The third kappa shape index (κ3) is 2.97. The first-order chi connectivity index (χ1) is 7.65. The van der Waals surface area contributed by atoms with E-state index in [9.17, 15) is 4.79 Å². The molecule has 16 heavy (non-hydrogen) atoms. The molecular formula is C13H23NO2. The van der Waals surface area contributed by atoms with Crippen molar-refractivity contribution >= 4 is 5.97 Å². The third-order valence-electron chi connectivity index (χ3n) is 3.76. The Balaban J connectivity index is 1.81. The van der Waals surface area contributed by atoms with Gasteiger partial charge < -0.3 is 10.1 Å². The van der Waals surface area contributed by atoms with E-state index < -0.39 is 0 Å². The molecule has 0 spiro atoms. The zero-order valence-electron chi connectivity index (χ0n) is 10.4. The molecule has 0 bridgehead atoms. The molecule has 1 aliphatic heterocycles. The second-order valence-electron chi connectivity index (χ2n) is 5.63. The van der Waals surface area contributed by atoms with Gasteiger partial charge in [0.25, 0.3) is 0 Å². The molecule has 1 heterocycles. The molecule has 2 fully saturated rings. The van der Waals surface area contributed by atoms with Gasteiger partial charge in [-0.15, -0.1) is 0 Å². The van der Waals surface area contributed by atoms with E-state index in [0.717, 1.165) is 32.2 Å². The molecule has 1 saturated carbocycles. The second kappa shape index (κ2) is 5.17. The number of esters is 1. The zero-order chi connectivity index (χ0) is 11.5. The van der Waals surface area contributed by atoms with Gasteiger partial charge in [-0.2, -0.15) is 0 Å². The summed E-state index contributed by atoms with van der Waals surface area (Å²) in [4.78, 5) is 11.8. The Morgan fingerprint density at radius 2 is 1.88 bits per heavy atom. The van der Waals surface area contributed by atoms with E-state index in [1.54, 1.807) is 0 Å². The molecule has 1 aliphatic carbocycles. The maximum absolute atomic E-state index is 11.8. The van der Waals surface area contributed by atoms with E-state index in [4.69, 9.17) is 4.74 Å². The van der Waals surface area contributed by atoms with Gasteiger partial charge in [0, 0.05) is 0 Å². The largest absolute Gasteiger partial charge is 0.461 e. The van der Waals surface area contributed by atoms with Gasteiger partial charge in [-0.1, -0.05) is 13.8 Å². The van der Waals surface area contributed by atoms with Crippen molar-refractivity contribution in [1.82, 2.24) is 5.32 Å². The maximum atomic E-state index is 11.8. The first kappa shape index (κ1) is 11.9. The highest BCUT2D eigenvalue weighted by Crippen LogP contribution is 2.30. The number of hydrogen-bond acceptors (Lipinski definition) is 3. The van der Waals surface area contributed by atoms with E-state index in [1.807, 2.05) is 0 Å². The van der Waals surface area contributed by atoms with Crippen LogP contribution in [0.4, 0.5) is 0 Å². The maximum Gasteiger partial charge on any atom is 0.323 e. The number of hydrogen-bond donors (Lipinski definition) is 1. The van der Waals surface area contributed by atoms with Gasteiger partial charge in [0.05, 0.1) is 0 Å². The predicted octanol–water partition coefficient (Wildman–Crippen LogP) is 2.11. The fourth-order valence-electron chi connectivity index (χ4n) is 3.10. The topological polar surface area (TPSA) is 38.3 Å². The van der Waals surface area contributed by atoms with Gasteiger partial charge in [-0.3, -0.25) is 4.79 Å². The fraction of sp³-hybridized carbons (Fsp3) is 0.923. The lowest BCUT2D eigenvalue weighted by atomic mass is 9.82. The summed E-state index contributed by atoms with van der Waals surface area (Å²) in [7, 11) is 0. The zero-order valence-corrected chi connectivity index (χ0v) is 10.4. The summed E-state index contributed by atoms with van der Waals surface area (Å²) in [5.74, 6) is 1.36. The Morgan fingerprint density at radius 1 is 1.19 bits per heavy atom. The molecule has 1 saturated heterocycles. The Bertz CT molecular complexity index is 238. The van der Waals surface area contributed by atoms with Crippen LogP contribution in [0.15, 0.2) is 0 Å². The van der Waals surface area contributed by atoms with Gasteiger partial charge in [-0.05, 0) is 50.5 Å². The average Bonchev–Trinajstić information content (AvgIpc) is 2.68. The van der Waals surface area contributed by atoms with Gasteiger partial charge in [-0.25, -0.2) is 0 Å². The highest BCUT2D eigenvalue weighted by Gasteiger charge is 2.30. The van der Waals surface area contributed by atoms with Gasteiger partial charge in [0.2, 0.25) is 0 Å². The van der Waals surface area contributed by atoms with Crippen LogP contribution in [0.2, 0.25) is 0 Å². The molecule has 1 N–H and O–H groups in total. The molecule has 0 amide bonds. The van der Waals surface area contributed by atoms with Crippen LogP contribution in [0.5, 0.6) is 0 Å². The van der Waals surface area contributed by atoms with Crippen LogP contribution in [-0.2, 0) is 9.53 Å². The van der Waals surface area contributed by atoms with Crippen molar-refractivity contribution in [3.8, 4) is 0 Å². The lowest BCUT2D eigenvalue weighted by molar-refractivity contribution is -0.154. The van der Waals surface area contributed by atoms with Crippen molar-refractivity contribution in [3.63, 3.8) is 0 Å². The Hall–Kier alpha value is -0.570. The van der Waals surface area contributed by atoms with E-state index in [1.165, 1.54) is 6.42 Å². The van der Waals surface area contributed by atoms with Gasteiger partial charge >= 0.3 is 5.97 Å². The molecule has 3 nitrogen and oxygen atoms in total. The van der Waals surface area contributed by atoms with Crippen molar-refractivity contribution in [1.29, 1.82) is 0 Å². The Morgan fingerprint density at radius 3 is 2.44 bits per heavy atom. The lowest BCUT2D eigenvalue weighted by Crippen LogP contribution is -2.37. The molecule has 3 heteroatoms. The summed E-state index contributed by atoms with van der Waals surface area (Å²) in [6, 6.07) is -0.0347. The monoisotopic (exact) mass is 225 g/mol. The molecule has 2 aliphatic rings. The first-order valence-corrected chi connectivity index (χ1v) is 6.59. The number of nitrogens with one attached hydrogen (secondary N) is 1. The van der Waals surface area contributed by atoms with Gasteiger partial charge in [0.1, 0.15) is 12.1 Å². The van der Waals surface area contributed by atoms with Gasteiger partial charge in [0.15, 0.2) is 0 Å². The van der Waals surface area contributed by atoms with Crippen LogP contribution >= 0.6 is 0 Å². The number of ether oxygens (including phenoxy) is 1. The summed E-state index contributed by atoms with van der Waals surface area (Å²) < 4.78 is 5.61. The minimum absolute atomic E-state index is 0.0243. The molecule has 0 aromatic carbocycles. The molecule has 3 unspecified atom stereocenters. The Labute approximate surface area is 97.9 Å². The van der Waals surface area contributed by atoms with Crippen LogP contribution in [0.3, 0.4) is 0 Å². The normalized spacial score (nSPS) is 39.6. The summed E-state index contributed by atoms with van der Waals surface area (Å²) >= 11 is 0. The Kier molecular flexibility index (Phi) is 3.85. The summed E-state index contributed by atoms with van der Waals surface area (Å²) in [5.41, 5.74) is 0. The number of carbonyl (C=O) groups is 1. The molecular weight excluding hydrogens is 202 g/mol. The fourth-order valence-corrected chi connectivity index (χ4v) is 3.10. The minimum atomic E-state index is -0.0347. The van der Waals surface area contributed by atoms with E-state index in [2.05, 4.69) is 19.2 Å². The van der Waals surface area contributed by atoms with Crippen molar-refractivity contribution in [3.05, 3.63) is 0 Å². The summed E-state index contributed by atoms with van der Waals surface area (Å²) in [6.07, 6.45) is 5.56. The molecule has 0 aromatic rings. The number of rotatable bonds is 2.